The summed E-state index contributed by atoms with van der Waals surface area (Å²) >= 11 is 1.45. The summed E-state index contributed by atoms with van der Waals surface area (Å²) in [5.41, 5.74) is 2.77. The number of anilines is 2. The average Bonchev–Trinajstić information content (AvgIpc) is 3.12. The number of hydrazone groups is 1. The third-order valence-corrected chi connectivity index (χ3v) is 4.86. The summed E-state index contributed by atoms with van der Waals surface area (Å²) in [5, 5.41) is 10.9. The van der Waals surface area contributed by atoms with Crippen LogP contribution in [-0.2, 0) is 6.42 Å². The molecule has 0 amide bonds. The van der Waals surface area contributed by atoms with Gasteiger partial charge in [0.05, 0.1) is 23.1 Å². The van der Waals surface area contributed by atoms with E-state index < -0.39 is 0 Å². The SMILES string of the molecule is C=CN(/N=C\C)c1ccc2c(NSc3cc(CC)ccc3OC)noc2c1. The smallest absolute Gasteiger partial charge is 0.187 e. The fourth-order valence-corrected chi connectivity index (χ4v) is 3.43. The number of aromatic nitrogens is 1. The second-order valence-corrected chi connectivity index (χ2v) is 6.50. The van der Waals surface area contributed by atoms with Crippen LogP contribution < -0.4 is 14.5 Å². The number of hydrogen-bond acceptors (Lipinski definition) is 7. The van der Waals surface area contributed by atoms with Crippen LogP contribution in [0, 0.1) is 0 Å². The Labute approximate surface area is 163 Å². The molecule has 27 heavy (non-hydrogen) atoms. The van der Waals surface area contributed by atoms with Crippen LogP contribution in [0.2, 0.25) is 0 Å². The molecule has 2 aromatic carbocycles. The molecule has 0 aliphatic heterocycles. The Kier molecular flexibility index (Phi) is 6.03. The second kappa shape index (κ2) is 8.64. The normalized spacial score (nSPS) is 11.1. The number of aryl methyl sites for hydroxylation is 1. The number of hydrogen-bond donors (Lipinski definition) is 1. The monoisotopic (exact) mass is 382 g/mol. The highest BCUT2D eigenvalue weighted by Crippen LogP contribution is 2.34. The van der Waals surface area contributed by atoms with Crippen molar-refractivity contribution < 1.29 is 9.26 Å². The molecule has 0 fully saturated rings. The van der Waals surface area contributed by atoms with E-state index in [2.05, 4.69) is 40.6 Å². The Bertz CT molecular complexity index is 968. The van der Waals surface area contributed by atoms with Gasteiger partial charge in [0.2, 0.25) is 0 Å². The minimum absolute atomic E-state index is 0.662. The largest absolute Gasteiger partial charge is 0.496 e. The van der Waals surface area contributed by atoms with E-state index in [9.17, 15) is 0 Å². The Morgan fingerprint density at radius 2 is 2.19 bits per heavy atom. The van der Waals surface area contributed by atoms with E-state index in [1.54, 1.807) is 24.5 Å². The fraction of sp³-hybridized carbons (Fsp3) is 0.200. The summed E-state index contributed by atoms with van der Waals surface area (Å²) in [5.74, 6) is 1.48. The lowest BCUT2D eigenvalue weighted by Crippen LogP contribution is -2.06. The van der Waals surface area contributed by atoms with Crippen LogP contribution in [0.5, 0.6) is 5.75 Å². The predicted molar refractivity (Wildman–Crippen MR) is 113 cm³/mol. The lowest BCUT2D eigenvalue weighted by atomic mass is 10.2. The zero-order valence-corrected chi connectivity index (χ0v) is 16.4. The molecule has 7 heteroatoms. The van der Waals surface area contributed by atoms with E-state index in [1.165, 1.54) is 17.5 Å². The predicted octanol–water partition coefficient (Wildman–Crippen LogP) is 5.47. The minimum atomic E-state index is 0.662. The van der Waals surface area contributed by atoms with Crippen molar-refractivity contribution >= 4 is 40.6 Å². The summed E-state index contributed by atoms with van der Waals surface area (Å²) in [6.07, 6.45) is 4.31. The van der Waals surface area contributed by atoms with Crippen LogP contribution in [0.25, 0.3) is 11.0 Å². The molecule has 1 aromatic heterocycles. The quantitative estimate of drug-likeness (QED) is 0.316. The summed E-state index contributed by atoms with van der Waals surface area (Å²) in [4.78, 5) is 1.000. The molecule has 140 valence electrons. The van der Waals surface area contributed by atoms with Gasteiger partial charge in [-0.1, -0.05) is 24.7 Å². The molecular weight excluding hydrogens is 360 g/mol. The Morgan fingerprint density at radius 3 is 2.89 bits per heavy atom. The maximum absolute atomic E-state index is 5.48. The van der Waals surface area contributed by atoms with E-state index >= 15 is 0 Å². The highest BCUT2D eigenvalue weighted by atomic mass is 32.2. The number of ether oxygens (including phenoxy) is 1. The maximum Gasteiger partial charge on any atom is 0.187 e. The Balaban J connectivity index is 1.83. The van der Waals surface area contributed by atoms with Crippen molar-refractivity contribution in [3.63, 3.8) is 0 Å². The van der Waals surface area contributed by atoms with Crippen molar-refractivity contribution in [2.24, 2.45) is 5.10 Å². The van der Waals surface area contributed by atoms with Gasteiger partial charge < -0.3 is 14.0 Å². The molecule has 0 saturated carbocycles. The highest BCUT2D eigenvalue weighted by molar-refractivity contribution is 8.00. The molecule has 0 radical (unpaired) electrons. The molecular formula is C20H22N4O2S. The van der Waals surface area contributed by atoms with Gasteiger partial charge in [-0.3, -0.25) is 0 Å². The zero-order chi connectivity index (χ0) is 19.2. The third kappa shape index (κ3) is 4.09. The summed E-state index contributed by atoms with van der Waals surface area (Å²) in [6.45, 7) is 7.75. The fourth-order valence-electron chi connectivity index (χ4n) is 2.61. The number of nitrogens with one attached hydrogen (secondary N) is 1. The van der Waals surface area contributed by atoms with Gasteiger partial charge in [0.25, 0.3) is 0 Å². The van der Waals surface area contributed by atoms with Crippen LogP contribution in [0.1, 0.15) is 19.4 Å². The van der Waals surface area contributed by atoms with Gasteiger partial charge >= 0.3 is 0 Å². The molecule has 3 rings (SSSR count). The minimum Gasteiger partial charge on any atom is -0.496 e. The molecule has 0 unspecified atom stereocenters. The first-order valence-electron chi connectivity index (χ1n) is 8.59. The molecule has 1 N–H and O–H groups in total. The van der Waals surface area contributed by atoms with Gasteiger partial charge in [-0.25, -0.2) is 5.01 Å². The molecule has 3 aromatic rings. The Hall–Kier alpha value is -2.93. The van der Waals surface area contributed by atoms with Gasteiger partial charge in [-0.15, -0.1) is 0 Å². The van der Waals surface area contributed by atoms with E-state index in [0.717, 1.165) is 28.1 Å². The highest BCUT2D eigenvalue weighted by Gasteiger charge is 2.12. The lowest BCUT2D eigenvalue weighted by molar-refractivity contribution is 0.404. The molecule has 0 saturated heterocycles. The number of nitrogens with zero attached hydrogens (tertiary/aromatic N) is 3. The molecule has 0 bridgehead atoms. The summed E-state index contributed by atoms with van der Waals surface area (Å²) in [6, 6.07) is 11.9. The first-order chi connectivity index (χ1) is 13.2. The lowest BCUT2D eigenvalue weighted by Gasteiger charge is -2.12. The van der Waals surface area contributed by atoms with Gasteiger partial charge in [0, 0.05) is 18.5 Å². The van der Waals surface area contributed by atoms with Gasteiger partial charge in [-0.05, 0) is 55.1 Å². The van der Waals surface area contributed by atoms with E-state index in [4.69, 9.17) is 9.26 Å². The second-order valence-electron chi connectivity index (χ2n) is 5.66. The van der Waals surface area contributed by atoms with E-state index in [-0.39, 0.29) is 0 Å². The van der Waals surface area contributed by atoms with Crippen molar-refractivity contribution in [2.75, 3.05) is 16.8 Å². The van der Waals surface area contributed by atoms with Crippen molar-refractivity contribution in [3.05, 3.63) is 54.7 Å². The maximum atomic E-state index is 5.48. The van der Waals surface area contributed by atoms with E-state index in [0.29, 0.717) is 11.4 Å². The van der Waals surface area contributed by atoms with E-state index in [1.807, 2.05) is 31.2 Å². The molecule has 0 aliphatic carbocycles. The number of benzene rings is 2. The first-order valence-corrected chi connectivity index (χ1v) is 9.41. The average molecular weight is 382 g/mol. The number of methoxy groups -OCH3 is 1. The zero-order valence-electron chi connectivity index (χ0n) is 15.6. The van der Waals surface area contributed by atoms with Gasteiger partial charge in [-0.2, -0.15) is 5.10 Å². The van der Waals surface area contributed by atoms with Crippen LogP contribution in [0.3, 0.4) is 0 Å². The summed E-state index contributed by atoms with van der Waals surface area (Å²) in [7, 11) is 1.67. The van der Waals surface area contributed by atoms with Crippen molar-refractivity contribution in [3.8, 4) is 5.75 Å². The number of fused-ring (bicyclic) bond motifs is 1. The van der Waals surface area contributed by atoms with Crippen molar-refractivity contribution in [1.82, 2.24) is 5.16 Å². The molecule has 0 atom stereocenters. The van der Waals surface area contributed by atoms with Crippen LogP contribution >= 0.6 is 11.9 Å². The summed E-state index contributed by atoms with van der Waals surface area (Å²) < 4.78 is 14.2. The van der Waals surface area contributed by atoms with Crippen molar-refractivity contribution in [2.45, 2.75) is 25.2 Å². The number of rotatable bonds is 8. The topological polar surface area (TPSA) is 62.9 Å². The van der Waals surface area contributed by atoms with Gasteiger partial charge in [0.15, 0.2) is 11.4 Å². The van der Waals surface area contributed by atoms with Crippen LogP contribution in [-0.4, -0.2) is 18.5 Å². The van der Waals surface area contributed by atoms with Crippen LogP contribution in [0.4, 0.5) is 11.5 Å². The molecule has 1 heterocycles. The molecule has 6 nitrogen and oxygen atoms in total. The standard InChI is InChI=1S/C20H22N4O2S/c1-5-14-8-11-17(25-4)19(12-14)27-23-20-16-10-9-15(13-18(16)26-22-20)24(7-3)21-6-2/h6-13H,3,5H2,1-2,4H3,(H,22,23)/b21-6-. The van der Waals surface area contributed by atoms with Gasteiger partial charge in [0.1, 0.15) is 5.75 Å². The Morgan fingerprint density at radius 1 is 1.33 bits per heavy atom. The molecule has 0 aliphatic rings. The van der Waals surface area contributed by atoms with Crippen LogP contribution in [0.15, 0.2) is 63.7 Å². The third-order valence-electron chi connectivity index (χ3n) is 4.03. The van der Waals surface area contributed by atoms with Crippen molar-refractivity contribution in [1.29, 1.82) is 0 Å². The first kappa shape index (κ1) is 18.8. The molecule has 0 spiro atoms.